The van der Waals surface area contributed by atoms with Crippen LogP contribution in [0, 0.1) is 43.6 Å². The standard InChI is InChI=1S/C36H49NO8/c1-8-9-10-27(43-30(38)13-14-31(39)44-28-19-22-15-17-35(28,6)33(22,2)3)25-12-11-24(37(41)42)21-26(25)32(40)45-29-20-23-16-18-36(29,7)34(23,4)5/h11-14,21-23,27-29H,8-10,15-20H2,1-7H3/b14-13+/t22-,23-,27?,28+,29+,35+,36+/m0/s1. The van der Waals surface area contributed by atoms with Gasteiger partial charge in [-0.05, 0) is 80.1 Å². The Hall–Kier alpha value is -3.23. The van der Waals surface area contributed by atoms with Gasteiger partial charge in [0.25, 0.3) is 5.69 Å². The number of hydrogen-bond acceptors (Lipinski definition) is 8. The Kier molecular flexibility index (Phi) is 8.73. The Balaban J connectivity index is 1.32. The van der Waals surface area contributed by atoms with Crippen molar-refractivity contribution in [1.82, 2.24) is 0 Å². The zero-order valence-electron chi connectivity index (χ0n) is 27.9. The van der Waals surface area contributed by atoms with E-state index in [-0.39, 0.29) is 45.1 Å². The van der Waals surface area contributed by atoms with E-state index in [2.05, 4.69) is 41.5 Å². The molecule has 0 amide bonds. The first-order valence-electron chi connectivity index (χ1n) is 16.6. The molecule has 246 valence electrons. The lowest BCUT2D eigenvalue weighted by molar-refractivity contribution is -0.384. The summed E-state index contributed by atoms with van der Waals surface area (Å²) in [6, 6.07) is 4.01. The lowest BCUT2D eigenvalue weighted by Gasteiger charge is -2.38. The van der Waals surface area contributed by atoms with E-state index in [1.165, 1.54) is 18.2 Å². The first kappa shape index (κ1) is 33.1. The lowest BCUT2D eigenvalue weighted by Crippen LogP contribution is -2.38. The zero-order chi connectivity index (χ0) is 32.9. The van der Waals surface area contributed by atoms with Crippen LogP contribution in [0.15, 0.2) is 30.4 Å². The average molecular weight is 624 g/mol. The first-order valence-corrected chi connectivity index (χ1v) is 16.6. The van der Waals surface area contributed by atoms with Gasteiger partial charge in [0.1, 0.15) is 18.3 Å². The van der Waals surface area contributed by atoms with Crippen LogP contribution in [-0.2, 0) is 23.8 Å². The van der Waals surface area contributed by atoms with Gasteiger partial charge in [-0.3, -0.25) is 10.1 Å². The van der Waals surface area contributed by atoms with Gasteiger partial charge in [0.15, 0.2) is 0 Å². The number of rotatable bonds is 11. The van der Waals surface area contributed by atoms with Crippen LogP contribution in [0.5, 0.6) is 0 Å². The van der Waals surface area contributed by atoms with Crippen LogP contribution in [0.2, 0.25) is 0 Å². The predicted molar refractivity (Wildman–Crippen MR) is 168 cm³/mol. The maximum absolute atomic E-state index is 13.7. The topological polar surface area (TPSA) is 122 Å². The number of carbonyl (C=O) groups excluding carboxylic acids is 3. The van der Waals surface area contributed by atoms with Gasteiger partial charge >= 0.3 is 17.9 Å². The third-order valence-electron chi connectivity index (χ3n) is 13.2. The summed E-state index contributed by atoms with van der Waals surface area (Å²) in [4.78, 5) is 50.6. The van der Waals surface area contributed by atoms with Crippen molar-refractivity contribution in [2.24, 2.45) is 33.5 Å². The number of benzene rings is 1. The van der Waals surface area contributed by atoms with Crippen LogP contribution in [-0.4, -0.2) is 35.0 Å². The number of carbonyl (C=O) groups is 3. The van der Waals surface area contributed by atoms with E-state index >= 15 is 0 Å². The molecule has 0 heterocycles. The molecule has 9 nitrogen and oxygen atoms in total. The molecule has 0 aliphatic heterocycles. The van der Waals surface area contributed by atoms with Crippen LogP contribution in [0.25, 0.3) is 0 Å². The summed E-state index contributed by atoms with van der Waals surface area (Å²) in [6.07, 6.45) is 8.44. The minimum Gasteiger partial charge on any atom is -0.459 e. The van der Waals surface area contributed by atoms with Gasteiger partial charge in [-0.2, -0.15) is 0 Å². The third kappa shape index (κ3) is 5.58. The number of esters is 3. The summed E-state index contributed by atoms with van der Waals surface area (Å²) in [6.45, 7) is 15.3. The second-order valence-electron chi connectivity index (χ2n) is 15.5. The molecule has 0 N–H and O–H groups in total. The average Bonchev–Trinajstić information content (AvgIpc) is 3.50. The first-order chi connectivity index (χ1) is 21.0. The molecule has 4 bridgehead atoms. The van der Waals surface area contributed by atoms with Crippen molar-refractivity contribution in [3.63, 3.8) is 0 Å². The lowest BCUT2D eigenvalue weighted by atomic mass is 9.70. The fourth-order valence-electron chi connectivity index (χ4n) is 9.09. The summed E-state index contributed by atoms with van der Waals surface area (Å²) >= 11 is 0. The number of nitrogens with zero attached hydrogens (tertiary/aromatic N) is 1. The summed E-state index contributed by atoms with van der Waals surface area (Å²) in [5, 5.41) is 11.7. The molecule has 0 saturated heterocycles. The van der Waals surface area contributed by atoms with E-state index in [9.17, 15) is 24.5 Å². The number of hydrogen-bond donors (Lipinski definition) is 0. The van der Waals surface area contributed by atoms with E-state index in [1.807, 2.05) is 6.92 Å². The van der Waals surface area contributed by atoms with Crippen molar-refractivity contribution >= 4 is 23.6 Å². The van der Waals surface area contributed by atoms with E-state index in [4.69, 9.17) is 14.2 Å². The quantitative estimate of drug-likeness (QED) is 0.0798. The Bertz CT molecular complexity index is 1400. The Morgan fingerprint density at radius 2 is 1.47 bits per heavy atom. The molecule has 0 radical (unpaired) electrons. The molecule has 4 aliphatic carbocycles. The molecule has 0 aromatic heterocycles. The van der Waals surface area contributed by atoms with Gasteiger partial charge in [-0.1, -0.05) is 54.9 Å². The van der Waals surface area contributed by atoms with E-state index < -0.39 is 28.9 Å². The molecule has 45 heavy (non-hydrogen) atoms. The fraction of sp³-hybridized carbons (Fsp3) is 0.694. The van der Waals surface area contributed by atoms with Crippen molar-refractivity contribution in [3.05, 3.63) is 51.6 Å². The fourth-order valence-corrected chi connectivity index (χ4v) is 9.09. The molecule has 4 aliphatic rings. The molecule has 7 atom stereocenters. The summed E-state index contributed by atoms with van der Waals surface area (Å²) in [5.41, 5.74) is -0.0493. The van der Waals surface area contributed by atoms with Crippen LogP contribution in [0.3, 0.4) is 0 Å². The molecular formula is C36H49NO8. The number of nitro benzene ring substituents is 1. The molecule has 1 aromatic rings. The van der Waals surface area contributed by atoms with Gasteiger partial charge in [-0.15, -0.1) is 0 Å². The normalized spacial score (nSPS) is 32.9. The number of non-ortho nitro benzene ring substituents is 1. The molecule has 4 saturated carbocycles. The largest absolute Gasteiger partial charge is 0.459 e. The van der Waals surface area contributed by atoms with Crippen molar-refractivity contribution in [3.8, 4) is 0 Å². The SMILES string of the molecule is CCCCC(OC(=O)/C=C/C(=O)O[C@@H]1C[C@@H]2CC[C@@]1(C)C2(C)C)c1ccc([N+](=O)[O-])cc1C(=O)O[C@@H]1C[C@@H]2CC[C@@]1(C)C2(C)C. The maximum atomic E-state index is 13.7. The van der Waals surface area contributed by atoms with E-state index in [0.29, 0.717) is 30.2 Å². The zero-order valence-corrected chi connectivity index (χ0v) is 27.9. The third-order valence-corrected chi connectivity index (χ3v) is 13.2. The molecule has 1 unspecified atom stereocenters. The van der Waals surface area contributed by atoms with Gasteiger partial charge in [0.05, 0.1) is 10.5 Å². The Morgan fingerprint density at radius 3 is 1.96 bits per heavy atom. The van der Waals surface area contributed by atoms with E-state index in [1.54, 1.807) is 0 Å². The smallest absolute Gasteiger partial charge is 0.339 e. The van der Waals surface area contributed by atoms with Crippen LogP contribution >= 0.6 is 0 Å². The number of ether oxygens (including phenoxy) is 3. The van der Waals surface area contributed by atoms with Crippen molar-refractivity contribution < 1.29 is 33.5 Å². The molecule has 0 spiro atoms. The summed E-state index contributed by atoms with van der Waals surface area (Å²) < 4.78 is 17.8. The number of unbranched alkanes of at least 4 members (excludes halogenated alkanes) is 1. The molecule has 4 fully saturated rings. The molecule has 9 heteroatoms. The molecule has 5 rings (SSSR count). The molecular weight excluding hydrogens is 574 g/mol. The highest BCUT2D eigenvalue weighted by Crippen LogP contribution is 2.67. The van der Waals surface area contributed by atoms with Crippen molar-refractivity contribution in [1.29, 1.82) is 0 Å². The Morgan fingerprint density at radius 1 is 0.911 bits per heavy atom. The van der Waals surface area contributed by atoms with Gasteiger partial charge in [0, 0.05) is 40.7 Å². The summed E-state index contributed by atoms with van der Waals surface area (Å²) in [5.74, 6) is -1.04. The van der Waals surface area contributed by atoms with E-state index in [0.717, 1.165) is 57.1 Å². The van der Waals surface area contributed by atoms with Crippen LogP contribution in [0.1, 0.15) is 128 Å². The predicted octanol–water partition coefficient (Wildman–Crippen LogP) is 8.06. The minimum atomic E-state index is -0.862. The monoisotopic (exact) mass is 623 g/mol. The number of nitro groups is 1. The number of fused-ring (bicyclic) bond motifs is 4. The van der Waals surface area contributed by atoms with Crippen LogP contribution < -0.4 is 0 Å². The van der Waals surface area contributed by atoms with Crippen molar-refractivity contribution in [2.75, 3.05) is 0 Å². The minimum absolute atomic E-state index is 0.0153. The Labute approximate surface area is 266 Å². The highest BCUT2D eigenvalue weighted by Gasteiger charge is 2.64. The molecule has 1 aromatic carbocycles. The van der Waals surface area contributed by atoms with Gasteiger partial charge < -0.3 is 14.2 Å². The summed E-state index contributed by atoms with van der Waals surface area (Å²) in [7, 11) is 0. The highest BCUT2D eigenvalue weighted by atomic mass is 16.6. The maximum Gasteiger partial charge on any atom is 0.339 e. The highest BCUT2D eigenvalue weighted by molar-refractivity contribution is 5.93. The van der Waals surface area contributed by atoms with Crippen molar-refractivity contribution in [2.45, 2.75) is 125 Å². The second-order valence-corrected chi connectivity index (χ2v) is 15.5. The van der Waals surface area contributed by atoms with Gasteiger partial charge in [-0.25, -0.2) is 14.4 Å². The second kappa shape index (κ2) is 11.8. The van der Waals surface area contributed by atoms with Gasteiger partial charge in [0.2, 0.25) is 0 Å². The van der Waals surface area contributed by atoms with Crippen LogP contribution in [0.4, 0.5) is 5.69 Å².